The van der Waals surface area contributed by atoms with E-state index in [1.165, 1.54) is 22.2 Å². The molecule has 3 heterocycles. The van der Waals surface area contributed by atoms with Crippen LogP contribution in [0.15, 0.2) is 29.4 Å². The molecular weight excluding hydrogens is 420 g/mol. The monoisotopic (exact) mass is 444 g/mol. The van der Waals surface area contributed by atoms with Crippen LogP contribution in [0.2, 0.25) is 0 Å². The Bertz CT molecular complexity index is 1080. The predicted octanol–water partition coefficient (Wildman–Crippen LogP) is 4.11. The van der Waals surface area contributed by atoms with Crippen LogP contribution in [-0.4, -0.2) is 34.8 Å². The molecule has 7 nitrogen and oxygen atoms in total. The van der Waals surface area contributed by atoms with Gasteiger partial charge in [0, 0.05) is 11.3 Å². The van der Waals surface area contributed by atoms with Gasteiger partial charge in [-0.05, 0) is 23.6 Å². The van der Waals surface area contributed by atoms with E-state index in [-0.39, 0.29) is 17.8 Å². The van der Waals surface area contributed by atoms with Crippen LogP contribution in [0.1, 0.15) is 24.3 Å². The lowest BCUT2D eigenvalue weighted by Gasteiger charge is -2.26. The molecular formula is C21H24N4O3S2. The first-order chi connectivity index (χ1) is 14.5. The first-order valence-electron chi connectivity index (χ1n) is 9.71. The number of aromatic nitrogens is 2. The van der Waals surface area contributed by atoms with Crippen LogP contribution >= 0.6 is 23.1 Å². The number of nitrogens with two attached hydrogens (primary N) is 1. The third kappa shape index (κ3) is 4.23. The largest absolute Gasteiger partial charge is 0.495 e. The quantitative estimate of drug-likeness (QED) is 0.436. The number of carbonyl (C=O) groups is 1. The number of para-hydroxylation sites is 2. The molecule has 9 heteroatoms. The molecule has 1 atom stereocenters. The predicted molar refractivity (Wildman–Crippen MR) is 121 cm³/mol. The van der Waals surface area contributed by atoms with Gasteiger partial charge in [-0.3, -0.25) is 4.79 Å². The smallest absolute Gasteiger partial charge is 0.234 e. The van der Waals surface area contributed by atoms with Crippen molar-refractivity contribution >= 4 is 50.7 Å². The van der Waals surface area contributed by atoms with Crippen molar-refractivity contribution in [1.82, 2.24) is 9.97 Å². The zero-order valence-electron chi connectivity index (χ0n) is 17.1. The second-order valence-electron chi connectivity index (χ2n) is 7.41. The van der Waals surface area contributed by atoms with Crippen molar-refractivity contribution in [2.45, 2.75) is 38.1 Å². The molecule has 4 rings (SSSR count). The molecule has 0 radical (unpaired) electrons. The minimum Gasteiger partial charge on any atom is -0.495 e. The Balaban J connectivity index is 1.48. The van der Waals surface area contributed by atoms with Crippen LogP contribution in [0, 0.1) is 5.92 Å². The number of anilines is 2. The van der Waals surface area contributed by atoms with Gasteiger partial charge >= 0.3 is 0 Å². The number of ether oxygens (including phenoxy) is 2. The zero-order valence-corrected chi connectivity index (χ0v) is 18.7. The Morgan fingerprint density at radius 1 is 1.40 bits per heavy atom. The molecule has 0 saturated carbocycles. The average Bonchev–Trinajstić information content (AvgIpc) is 3.10. The fourth-order valence-electron chi connectivity index (χ4n) is 3.44. The summed E-state index contributed by atoms with van der Waals surface area (Å²) in [6.07, 6.45) is 1.01. The Morgan fingerprint density at radius 2 is 2.20 bits per heavy atom. The molecule has 1 aromatic carbocycles. The van der Waals surface area contributed by atoms with Crippen LogP contribution in [0.3, 0.4) is 0 Å². The summed E-state index contributed by atoms with van der Waals surface area (Å²) >= 11 is 2.86. The van der Waals surface area contributed by atoms with E-state index >= 15 is 0 Å². The van der Waals surface area contributed by atoms with Crippen LogP contribution in [0.25, 0.3) is 10.2 Å². The number of nitrogens with zero attached hydrogens (tertiary/aromatic N) is 2. The van der Waals surface area contributed by atoms with Crippen LogP contribution in [0.4, 0.5) is 11.5 Å². The maximum Gasteiger partial charge on any atom is 0.234 e. The van der Waals surface area contributed by atoms with Gasteiger partial charge in [0.1, 0.15) is 16.4 Å². The third-order valence-electron chi connectivity index (χ3n) is 5.03. The van der Waals surface area contributed by atoms with Gasteiger partial charge in [0.15, 0.2) is 5.16 Å². The number of fused-ring (bicyclic) bond motifs is 3. The molecule has 0 saturated heterocycles. The number of amides is 1. The van der Waals surface area contributed by atoms with Crippen molar-refractivity contribution in [3.8, 4) is 5.75 Å². The van der Waals surface area contributed by atoms with Gasteiger partial charge in [-0.1, -0.05) is 37.7 Å². The lowest BCUT2D eigenvalue weighted by molar-refractivity contribution is -0.113. The van der Waals surface area contributed by atoms with Gasteiger partial charge < -0.3 is 20.5 Å². The Morgan fingerprint density at radius 3 is 2.97 bits per heavy atom. The highest BCUT2D eigenvalue weighted by molar-refractivity contribution is 7.99. The topological polar surface area (TPSA) is 99.4 Å². The van der Waals surface area contributed by atoms with E-state index in [0.29, 0.717) is 34.9 Å². The lowest BCUT2D eigenvalue weighted by Crippen LogP contribution is -2.26. The van der Waals surface area contributed by atoms with E-state index in [9.17, 15) is 4.79 Å². The van der Waals surface area contributed by atoms with E-state index in [1.807, 2.05) is 12.1 Å². The minimum absolute atomic E-state index is 0.162. The van der Waals surface area contributed by atoms with E-state index in [2.05, 4.69) is 29.1 Å². The SMILES string of the molecule is COc1ccccc1NC(=O)CSc1nc(N)c2c3c(sc2n1)CO[C@@H](C(C)C)C3. The van der Waals surface area contributed by atoms with Crippen LogP contribution < -0.4 is 15.8 Å². The summed E-state index contributed by atoms with van der Waals surface area (Å²) in [4.78, 5) is 23.5. The number of nitrogens with one attached hydrogen (secondary N) is 1. The number of methoxy groups -OCH3 is 1. The molecule has 158 valence electrons. The van der Waals surface area contributed by atoms with Crippen molar-refractivity contribution in [2.24, 2.45) is 5.92 Å². The standard InChI is InChI=1S/C21H24N4O3S2/c1-11(2)15-8-12-16(9-28-15)30-20-18(12)19(22)24-21(25-20)29-10-17(26)23-13-6-4-5-7-14(13)27-3/h4-7,11,15H,8-10H2,1-3H3,(H,23,26)(H2,22,24,25)/t15-/m1/s1. The number of carbonyl (C=O) groups excluding carboxylic acids is 1. The molecule has 0 fully saturated rings. The van der Waals surface area contributed by atoms with E-state index in [1.54, 1.807) is 30.6 Å². The molecule has 30 heavy (non-hydrogen) atoms. The first-order valence-corrected chi connectivity index (χ1v) is 11.5. The molecule has 0 aliphatic carbocycles. The lowest BCUT2D eigenvalue weighted by atomic mass is 9.96. The molecule has 3 aromatic rings. The van der Waals surface area contributed by atoms with E-state index in [0.717, 1.165) is 16.6 Å². The normalized spacial score (nSPS) is 15.9. The summed E-state index contributed by atoms with van der Waals surface area (Å²) in [6.45, 7) is 4.91. The molecule has 1 aliphatic heterocycles. The number of rotatable bonds is 6. The summed E-state index contributed by atoms with van der Waals surface area (Å²) < 4.78 is 11.2. The maximum atomic E-state index is 12.4. The van der Waals surface area contributed by atoms with Gasteiger partial charge in [-0.2, -0.15) is 0 Å². The molecule has 2 aromatic heterocycles. The minimum atomic E-state index is -0.162. The van der Waals surface area contributed by atoms with Crippen molar-refractivity contribution in [2.75, 3.05) is 23.9 Å². The average molecular weight is 445 g/mol. The van der Waals surface area contributed by atoms with Gasteiger partial charge in [0.05, 0.1) is 36.6 Å². The van der Waals surface area contributed by atoms with Crippen molar-refractivity contribution in [1.29, 1.82) is 0 Å². The second kappa shape index (κ2) is 8.79. The number of benzene rings is 1. The molecule has 0 spiro atoms. The maximum absolute atomic E-state index is 12.4. The fourth-order valence-corrected chi connectivity index (χ4v) is 5.28. The summed E-state index contributed by atoms with van der Waals surface area (Å²) in [5.41, 5.74) is 8.14. The van der Waals surface area contributed by atoms with Gasteiger partial charge in [-0.25, -0.2) is 9.97 Å². The van der Waals surface area contributed by atoms with Crippen LogP contribution in [0.5, 0.6) is 5.75 Å². The number of hydrogen-bond acceptors (Lipinski definition) is 8. The number of thiophene rings is 1. The van der Waals surface area contributed by atoms with Gasteiger partial charge in [0.2, 0.25) is 5.91 Å². The van der Waals surface area contributed by atoms with Crippen molar-refractivity contribution < 1.29 is 14.3 Å². The fraction of sp³-hybridized carbons (Fsp3) is 0.381. The molecule has 1 amide bonds. The van der Waals surface area contributed by atoms with Crippen LogP contribution in [-0.2, 0) is 22.6 Å². The molecule has 3 N–H and O–H groups in total. The third-order valence-corrected chi connectivity index (χ3v) is 6.98. The molecule has 0 bridgehead atoms. The Kier molecular flexibility index (Phi) is 6.12. The van der Waals surface area contributed by atoms with Gasteiger partial charge in [-0.15, -0.1) is 11.3 Å². The summed E-state index contributed by atoms with van der Waals surface area (Å²) in [7, 11) is 1.57. The van der Waals surface area contributed by atoms with E-state index in [4.69, 9.17) is 15.2 Å². The number of nitrogen functional groups attached to an aromatic ring is 1. The molecule has 1 aliphatic rings. The summed E-state index contributed by atoms with van der Waals surface area (Å²) in [5.74, 6) is 1.53. The highest BCUT2D eigenvalue weighted by Crippen LogP contribution is 2.39. The highest BCUT2D eigenvalue weighted by atomic mass is 32.2. The summed E-state index contributed by atoms with van der Waals surface area (Å²) in [6, 6.07) is 7.29. The number of thioether (sulfide) groups is 1. The highest BCUT2D eigenvalue weighted by Gasteiger charge is 2.27. The number of hydrogen-bond donors (Lipinski definition) is 2. The summed E-state index contributed by atoms with van der Waals surface area (Å²) in [5, 5.41) is 4.29. The Labute approximate surface area is 183 Å². The first kappa shape index (κ1) is 20.9. The second-order valence-corrected chi connectivity index (χ2v) is 9.44. The van der Waals surface area contributed by atoms with Gasteiger partial charge in [0.25, 0.3) is 0 Å². The Hall–Kier alpha value is -2.36. The van der Waals surface area contributed by atoms with Crippen molar-refractivity contribution in [3.63, 3.8) is 0 Å². The van der Waals surface area contributed by atoms with Crippen molar-refractivity contribution in [3.05, 3.63) is 34.7 Å². The molecule has 0 unspecified atom stereocenters. The van der Waals surface area contributed by atoms with E-state index < -0.39 is 0 Å². The zero-order chi connectivity index (χ0) is 21.3.